The molecule has 0 saturated heterocycles. The number of benzene rings is 1. The highest BCUT2D eigenvalue weighted by Gasteiger charge is 2.10. The van der Waals surface area contributed by atoms with Crippen molar-refractivity contribution in [2.45, 2.75) is 19.3 Å². The molecule has 0 radical (unpaired) electrons. The van der Waals surface area contributed by atoms with Crippen LogP contribution >= 0.6 is 0 Å². The summed E-state index contributed by atoms with van der Waals surface area (Å²) in [6.45, 7) is 0.607. The van der Waals surface area contributed by atoms with E-state index in [1.54, 1.807) is 0 Å². The summed E-state index contributed by atoms with van der Waals surface area (Å²) < 4.78 is 31.1. The van der Waals surface area contributed by atoms with Gasteiger partial charge in [-0.1, -0.05) is 5.16 Å². The first kappa shape index (κ1) is 12.6. The van der Waals surface area contributed by atoms with Crippen molar-refractivity contribution in [1.82, 2.24) is 10.1 Å². The molecule has 0 aliphatic heterocycles. The van der Waals surface area contributed by atoms with E-state index in [1.807, 2.05) is 0 Å². The summed E-state index contributed by atoms with van der Waals surface area (Å²) in [6.07, 6.45) is 2.32. The smallest absolute Gasteiger partial charge is 0.226 e. The largest absolute Gasteiger partial charge is 0.339 e. The van der Waals surface area contributed by atoms with Crippen LogP contribution < -0.4 is 5.73 Å². The number of aromatic nitrogens is 2. The Bertz CT molecular complexity index is 508. The summed E-state index contributed by atoms with van der Waals surface area (Å²) in [5.41, 5.74) is 5.64. The van der Waals surface area contributed by atoms with Crippen LogP contribution in [0.1, 0.15) is 18.7 Å². The minimum absolute atomic E-state index is 0.191. The van der Waals surface area contributed by atoms with Crippen LogP contribution in [-0.4, -0.2) is 16.7 Å². The maximum Gasteiger partial charge on any atom is 0.226 e. The summed E-state index contributed by atoms with van der Waals surface area (Å²) >= 11 is 0. The first-order chi connectivity index (χ1) is 8.69. The summed E-state index contributed by atoms with van der Waals surface area (Å²) in [4.78, 5) is 4.08. The van der Waals surface area contributed by atoms with Gasteiger partial charge in [0, 0.05) is 18.1 Å². The minimum Gasteiger partial charge on any atom is -0.339 e. The second-order valence-corrected chi connectivity index (χ2v) is 3.92. The van der Waals surface area contributed by atoms with Gasteiger partial charge < -0.3 is 10.3 Å². The molecule has 2 N–H and O–H groups in total. The van der Waals surface area contributed by atoms with Gasteiger partial charge in [-0.25, -0.2) is 8.78 Å². The lowest BCUT2D eigenvalue weighted by atomic mass is 10.2. The Labute approximate surface area is 103 Å². The van der Waals surface area contributed by atoms with Crippen molar-refractivity contribution in [1.29, 1.82) is 0 Å². The summed E-state index contributed by atoms with van der Waals surface area (Å²) in [5.74, 6) is -0.696. The van der Waals surface area contributed by atoms with Crippen LogP contribution in [-0.2, 0) is 6.42 Å². The first-order valence-corrected chi connectivity index (χ1v) is 5.68. The van der Waals surface area contributed by atoms with Gasteiger partial charge >= 0.3 is 0 Å². The van der Waals surface area contributed by atoms with E-state index in [0.717, 1.165) is 31.0 Å². The Kier molecular flexibility index (Phi) is 3.99. The number of aryl methyl sites for hydroxylation is 1. The van der Waals surface area contributed by atoms with Gasteiger partial charge in [0.25, 0.3) is 0 Å². The van der Waals surface area contributed by atoms with Gasteiger partial charge in [-0.2, -0.15) is 4.98 Å². The fourth-order valence-corrected chi connectivity index (χ4v) is 1.58. The molecule has 0 fully saturated rings. The maximum atomic E-state index is 13.0. The van der Waals surface area contributed by atoms with E-state index < -0.39 is 11.6 Å². The highest BCUT2D eigenvalue weighted by Crippen LogP contribution is 2.19. The molecule has 0 amide bonds. The molecule has 1 aromatic heterocycles. The average Bonchev–Trinajstić information content (AvgIpc) is 2.77. The molecule has 1 heterocycles. The van der Waals surface area contributed by atoms with Crippen molar-refractivity contribution in [3.8, 4) is 11.4 Å². The molecule has 4 nitrogen and oxygen atoms in total. The average molecular weight is 253 g/mol. The number of hydrogen-bond acceptors (Lipinski definition) is 4. The third kappa shape index (κ3) is 3.10. The molecule has 0 atom stereocenters. The molecule has 0 unspecified atom stereocenters. The summed E-state index contributed by atoms with van der Waals surface area (Å²) in [5, 5.41) is 3.70. The molecule has 0 aliphatic rings. The molecule has 96 valence electrons. The maximum absolute atomic E-state index is 13.0. The van der Waals surface area contributed by atoms with Crippen LogP contribution in [0.4, 0.5) is 8.78 Å². The molecule has 2 aromatic rings. The van der Waals surface area contributed by atoms with E-state index in [0.29, 0.717) is 18.9 Å². The van der Waals surface area contributed by atoms with E-state index in [9.17, 15) is 8.78 Å². The van der Waals surface area contributed by atoms with Crippen LogP contribution in [0, 0.1) is 11.6 Å². The third-order valence-corrected chi connectivity index (χ3v) is 2.43. The third-order valence-electron chi connectivity index (χ3n) is 2.43. The molecule has 0 aliphatic carbocycles. The molecule has 6 heteroatoms. The van der Waals surface area contributed by atoms with Crippen molar-refractivity contribution in [3.63, 3.8) is 0 Å². The summed E-state index contributed by atoms with van der Waals surface area (Å²) in [7, 11) is 0. The predicted octanol–water partition coefficient (Wildman–Crippen LogP) is 2.30. The monoisotopic (exact) mass is 253 g/mol. The molecule has 0 spiro atoms. The molecular weight excluding hydrogens is 240 g/mol. The van der Waals surface area contributed by atoms with Crippen LogP contribution in [0.2, 0.25) is 0 Å². The van der Waals surface area contributed by atoms with Gasteiger partial charge in [0.1, 0.15) is 11.6 Å². The lowest BCUT2D eigenvalue weighted by molar-refractivity contribution is 0.375. The molecule has 0 saturated carbocycles. The number of unbranched alkanes of at least 4 members (excludes halogenated alkanes) is 1. The number of hydrogen-bond donors (Lipinski definition) is 1. The van der Waals surface area contributed by atoms with E-state index >= 15 is 0 Å². The second kappa shape index (κ2) is 5.68. The number of nitrogens with two attached hydrogens (primary N) is 1. The zero-order chi connectivity index (χ0) is 13.0. The Morgan fingerprint density at radius 2 is 1.83 bits per heavy atom. The van der Waals surface area contributed by atoms with Gasteiger partial charge in [-0.05, 0) is 31.5 Å². The van der Waals surface area contributed by atoms with Crippen LogP contribution in [0.5, 0.6) is 0 Å². The lowest BCUT2D eigenvalue weighted by Crippen LogP contribution is -1.99. The van der Waals surface area contributed by atoms with Crippen LogP contribution in [0.3, 0.4) is 0 Å². The van der Waals surface area contributed by atoms with Crippen molar-refractivity contribution in [3.05, 3.63) is 35.7 Å². The summed E-state index contributed by atoms with van der Waals surface area (Å²) in [6, 6.07) is 3.13. The minimum atomic E-state index is -0.667. The molecular formula is C12H13F2N3O. The van der Waals surface area contributed by atoms with E-state index in [-0.39, 0.29) is 11.4 Å². The van der Waals surface area contributed by atoms with Crippen molar-refractivity contribution in [2.75, 3.05) is 6.54 Å². The molecule has 2 rings (SSSR count). The highest BCUT2D eigenvalue weighted by molar-refractivity contribution is 5.54. The van der Waals surface area contributed by atoms with Crippen LogP contribution in [0.15, 0.2) is 22.7 Å². The van der Waals surface area contributed by atoms with Crippen molar-refractivity contribution < 1.29 is 13.3 Å². The fourth-order valence-electron chi connectivity index (χ4n) is 1.58. The quantitative estimate of drug-likeness (QED) is 0.830. The van der Waals surface area contributed by atoms with Crippen LogP contribution in [0.25, 0.3) is 11.4 Å². The normalized spacial score (nSPS) is 10.8. The fraction of sp³-hybridized carbons (Fsp3) is 0.333. The predicted molar refractivity (Wildman–Crippen MR) is 61.6 cm³/mol. The van der Waals surface area contributed by atoms with Gasteiger partial charge in [0.05, 0.1) is 0 Å². The van der Waals surface area contributed by atoms with Gasteiger partial charge in [-0.3, -0.25) is 0 Å². The Hall–Kier alpha value is -1.82. The van der Waals surface area contributed by atoms with Crippen molar-refractivity contribution in [2.24, 2.45) is 5.73 Å². The van der Waals surface area contributed by atoms with Crippen molar-refractivity contribution >= 4 is 0 Å². The van der Waals surface area contributed by atoms with Gasteiger partial charge in [-0.15, -0.1) is 0 Å². The Balaban J connectivity index is 2.13. The number of halogens is 2. The number of rotatable bonds is 5. The lowest BCUT2D eigenvalue weighted by Gasteiger charge is -1.95. The Morgan fingerprint density at radius 1 is 1.11 bits per heavy atom. The second-order valence-electron chi connectivity index (χ2n) is 3.92. The molecule has 0 bridgehead atoms. The first-order valence-electron chi connectivity index (χ1n) is 5.68. The van der Waals surface area contributed by atoms with Gasteiger partial charge in [0.15, 0.2) is 0 Å². The zero-order valence-corrected chi connectivity index (χ0v) is 9.70. The topological polar surface area (TPSA) is 64.9 Å². The van der Waals surface area contributed by atoms with E-state index in [2.05, 4.69) is 10.1 Å². The standard InChI is InChI=1S/C12H13F2N3O/c13-9-5-8(6-10(14)7-9)12-16-11(18-17-12)3-1-2-4-15/h5-7H,1-4,15H2. The molecule has 18 heavy (non-hydrogen) atoms. The highest BCUT2D eigenvalue weighted by atomic mass is 19.1. The van der Waals surface area contributed by atoms with E-state index in [1.165, 1.54) is 0 Å². The Morgan fingerprint density at radius 3 is 2.50 bits per heavy atom. The number of nitrogens with zero attached hydrogens (tertiary/aromatic N) is 2. The van der Waals surface area contributed by atoms with E-state index in [4.69, 9.17) is 10.3 Å². The zero-order valence-electron chi connectivity index (χ0n) is 9.70. The molecule has 1 aromatic carbocycles. The SMILES string of the molecule is NCCCCc1nc(-c2cc(F)cc(F)c2)no1. The van der Waals surface area contributed by atoms with Gasteiger partial charge in [0.2, 0.25) is 11.7 Å².